The number of hydrogen-bond donors (Lipinski definition) is 1. The number of nitrogens with zero attached hydrogens (tertiary/aromatic N) is 3. The molecule has 5 heteroatoms. The fourth-order valence-electron chi connectivity index (χ4n) is 2.54. The fraction of sp³-hybridized carbons (Fsp3) is 0.643. The number of aliphatic carboxylic acids is 1. The van der Waals surface area contributed by atoms with E-state index in [0.29, 0.717) is 5.92 Å². The molecule has 19 heavy (non-hydrogen) atoms. The van der Waals surface area contributed by atoms with Gasteiger partial charge in [-0.2, -0.15) is 0 Å². The lowest BCUT2D eigenvalue weighted by atomic mass is 9.95. The Morgan fingerprint density at radius 1 is 1.53 bits per heavy atom. The van der Waals surface area contributed by atoms with E-state index in [1.165, 1.54) is 0 Å². The molecule has 0 aromatic carbocycles. The van der Waals surface area contributed by atoms with Crippen LogP contribution in [0.4, 0.5) is 5.82 Å². The molecule has 1 fully saturated rings. The third-order valence-electron chi connectivity index (χ3n) is 3.57. The van der Waals surface area contributed by atoms with Crippen LogP contribution in [0.2, 0.25) is 0 Å². The van der Waals surface area contributed by atoms with Crippen LogP contribution in [0.15, 0.2) is 12.4 Å². The summed E-state index contributed by atoms with van der Waals surface area (Å²) in [6.45, 7) is 5.94. The van der Waals surface area contributed by atoms with Crippen molar-refractivity contribution >= 4 is 11.8 Å². The number of aromatic nitrogens is 2. The average Bonchev–Trinajstić information content (AvgIpc) is 2.38. The molecule has 1 N–H and O–H groups in total. The van der Waals surface area contributed by atoms with Crippen molar-refractivity contribution in [3.8, 4) is 0 Å². The van der Waals surface area contributed by atoms with Gasteiger partial charge in [0, 0.05) is 31.3 Å². The van der Waals surface area contributed by atoms with Crippen LogP contribution in [0.25, 0.3) is 0 Å². The minimum absolute atomic E-state index is 0.226. The van der Waals surface area contributed by atoms with Crippen molar-refractivity contribution in [3.05, 3.63) is 18.1 Å². The second-order valence-corrected chi connectivity index (χ2v) is 5.51. The van der Waals surface area contributed by atoms with Crippen LogP contribution in [0.5, 0.6) is 0 Å². The number of carboxylic acid groups (broad SMARTS) is 1. The number of rotatable bonds is 4. The van der Waals surface area contributed by atoms with Gasteiger partial charge in [-0.15, -0.1) is 0 Å². The molecule has 1 atom stereocenters. The van der Waals surface area contributed by atoms with Crippen molar-refractivity contribution in [1.29, 1.82) is 0 Å². The summed E-state index contributed by atoms with van der Waals surface area (Å²) in [5, 5.41) is 8.90. The Balaban J connectivity index is 2.08. The van der Waals surface area contributed by atoms with Crippen LogP contribution in [-0.2, 0) is 4.79 Å². The first-order valence-corrected chi connectivity index (χ1v) is 6.85. The van der Waals surface area contributed by atoms with Crippen molar-refractivity contribution in [2.24, 2.45) is 5.92 Å². The summed E-state index contributed by atoms with van der Waals surface area (Å²) in [6, 6.07) is 2.02. The molecule has 0 bridgehead atoms. The summed E-state index contributed by atoms with van der Waals surface area (Å²) < 4.78 is 0. The summed E-state index contributed by atoms with van der Waals surface area (Å²) in [6.07, 6.45) is 3.87. The Bertz CT molecular complexity index is 448. The van der Waals surface area contributed by atoms with Gasteiger partial charge >= 0.3 is 5.97 Å². The maximum atomic E-state index is 10.8. The minimum Gasteiger partial charge on any atom is -0.481 e. The second kappa shape index (κ2) is 5.99. The van der Waals surface area contributed by atoms with Gasteiger partial charge in [-0.1, -0.05) is 13.8 Å². The lowest BCUT2D eigenvalue weighted by Gasteiger charge is -2.33. The van der Waals surface area contributed by atoms with Crippen LogP contribution in [-0.4, -0.2) is 34.1 Å². The molecule has 1 aliphatic rings. The number of carbonyl (C=O) groups is 1. The Labute approximate surface area is 113 Å². The summed E-state index contributed by atoms with van der Waals surface area (Å²) in [7, 11) is 0. The van der Waals surface area contributed by atoms with Gasteiger partial charge < -0.3 is 10.0 Å². The van der Waals surface area contributed by atoms with E-state index in [1.807, 2.05) is 6.07 Å². The lowest BCUT2D eigenvalue weighted by molar-refractivity contribution is -0.138. The zero-order valence-electron chi connectivity index (χ0n) is 11.5. The van der Waals surface area contributed by atoms with E-state index in [4.69, 9.17) is 5.11 Å². The van der Waals surface area contributed by atoms with Gasteiger partial charge in [-0.05, 0) is 24.7 Å². The van der Waals surface area contributed by atoms with E-state index >= 15 is 0 Å². The zero-order chi connectivity index (χ0) is 13.8. The molecule has 5 nitrogen and oxygen atoms in total. The molecule has 0 radical (unpaired) electrons. The Kier molecular flexibility index (Phi) is 4.35. The Hall–Kier alpha value is -1.65. The van der Waals surface area contributed by atoms with Crippen molar-refractivity contribution in [2.75, 3.05) is 18.0 Å². The molecule has 104 valence electrons. The van der Waals surface area contributed by atoms with Gasteiger partial charge in [-0.3, -0.25) is 4.79 Å². The second-order valence-electron chi connectivity index (χ2n) is 5.51. The monoisotopic (exact) mass is 263 g/mol. The van der Waals surface area contributed by atoms with Crippen molar-refractivity contribution in [1.82, 2.24) is 9.97 Å². The van der Waals surface area contributed by atoms with Crippen molar-refractivity contribution in [2.45, 2.75) is 39.0 Å². The van der Waals surface area contributed by atoms with E-state index in [2.05, 4.69) is 28.7 Å². The van der Waals surface area contributed by atoms with E-state index in [-0.39, 0.29) is 12.3 Å². The highest BCUT2D eigenvalue weighted by Gasteiger charge is 2.23. The minimum atomic E-state index is -0.711. The molecule has 0 aliphatic carbocycles. The van der Waals surface area contributed by atoms with E-state index in [9.17, 15) is 4.79 Å². The van der Waals surface area contributed by atoms with Crippen molar-refractivity contribution < 1.29 is 9.90 Å². The topological polar surface area (TPSA) is 66.3 Å². The molecule has 1 aromatic rings. The largest absolute Gasteiger partial charge is 0.481 e. The van der Waals surface area contributed by atoms with Gasteiger partial charge in [-0.25, -0.2) is 9.97 Å². The Morgan fingerprint density at radius 2 is 2.32 bits per heavy atom. The standard InChI is InChI=1S/C14H21N3O2/c1-10(2)12-7-13(16-9-15-12)17-5-3-4-11(8-17)6-14(18)19/h7,9-11H,3-6,8H2,1-2H3,(H,18,19). The Morgan fingerprint density at radius 3 is 3.00 bits per heavy atom. The number of anilines is 1. The van der Waals surface area contributed by atoms with Gasteiger partial charge in [0.2, 0.25) is 0 Å². The van der Waals surface area contributed by atoms with Crippen LogP contribution in [0.3, 0.4) is 0 Å². The smallest absolute Gasteiger partial charge is 0.303 e. The lowest BCUT2D eigenvalue weighted by Crippen LogP contribution is -2.36. The summed E-state index contributed by atoms with van der Waals surface area (Å²) >= 11 is 0. The third-order valence-corrected chi connectivity index (χ3v) is 3.57. The molecule has 2 heterocycles. The van der Waals surface area contributed by atoms with Gasteiger partial charge in [0.15, 0.2) is 0 Å². The maximum absolute atomic E-state index is 10.8. The first kappa shape index (κ1) is 13.8. The quantitative estimate of drug-likeness (QED) is 0.902. The third kappa shape index (κ3) is 3.66. The maximum Gasteiger partial charge on any atom is 0.303 e. The molecule has 2 rings (SSSR count). The summed E-state index contributed by atoms with van der Waals surface area (Å²) in [4.78, 5) is 21.6. The molecule has 0 spiro atoms. The van der Waals surface area contributed by atoms with E-state index in [0.717, 1.165) is 37.4 Å². The molecular formula is C14H21N3O2. The molecule has 1 aromatic heterocycles. The predicted molar refractivity (Wildman–Crippen MR) is 73.3 cm³/mol. The van der Waals surface area contributed by atoms with Crippen LogP contribution in [0.1, 0.15) is 44.7 Å². The highest BCUT2D eigenvalue weighted by Crippen LogP contribution is 2.25. The molecule has 0 saturated carbocycles. The molecule has 1 aliphatic heterocycles. The number of carboxylic acids is 1. The van der Waals surface area contributed by atoms with Gasteiger partial charge in [0.1, 0.15) is 12.1 Å². The van der Waals surface area contributed by atoms with Gasteiger partial charge in [0.25, 0.3) is 0 Å². The highest BCUT2D eigenvalue weighted by molar-refractivity contribution is 5.67. The predicted octanol–water partition coefficient (Wildman–Crippen LogP) is 2.29. The number of hydrogen-bond acceptors (Lipinski definition) is 4. The van der Waals surface area contributed by atoms with Gasteiger partial charge in [0.05, 0.1) is 0 Å². The normalized spacial score (nSPS) is 19.7. The zero-order valence-corrected chi connectivity index (χ0v) is 11.5. The average molecular weight is 263 g/mol. The molecule has 0 amide bonds. The highest BCUT2D eigenvalue weighted by atomic mass is 16.4. The first-order valence-electron chi connectivity index (χ1n) is 6.85. The number of piperidine rings is 1. The SMILES string of the molecule is CC(C)c1cc(N2CCCC(CC(=O)O)C2)ncn1. The molecular weight excluding hydrogens is 242 g/mol. The summed E-state index contributed by atoms with van der Waals surface area (Å²) in [5.41, 5.74) is 1.03. The van der Waals surface area contributed by atoms with Crippen LogP contribution in [0, 0.1) is 5.92 Å². The van der Waals surface area contributed by atoms with Crippen LogP contribution >= 0.6 is 0 Å². The van der Waals surface area contributed by atoms with E-state index in [1.54, 1.807) is 6.33 Å². The van der Waals surface area contributed by atoms with Crippen molar-refractivity contribution in [3.63, 3.8) is 0 Å². The van der Waals surface area contributed by atoms with Crippen LogP contribution < -0.4 is 4.90 Å². The molecule has 1 unspecified atom stereocenters. The molecule has 1 saturated heterocycles. The van der Waals surface area contributed by atoms with E-state index < -0.39 is 5.97 Å². The first-order chi connectivity index (χ1) is 9.06. The fourth-order valence-corrected chi connectivity index (χ4v) is 2.54. The summed E-state index contributed by atoms with van der Waals surface area (Å²) in [5.74, 6) is 0.816.